The molecule has 0 unspecified atom stereocenters. The standard InChI is InChI=1S/C33H30F5NO/c1-2-3-4-5-14-40-25-18-31(36)27(32(37)19-25)13-8-21-7-12-26-24(15-21)11-10-23(33(26)38)9-6-22-16-29(34)28(20-39)30(35)17-22/h7,10-12,15-19H,2-6,8-9,13-14H2,1H3. The topological polar surface area (TPSA) is 33.0 Å². The molecule has 0 atom stereocenters. The lowest BCUT2D eigenvalue weighted by molar-refractivity contribution is 0.301. The van der Waals surface area contributed by atoms with Gasteiger partial charge in [0.05, 0.1) is 6.61 Å². The molecule has 0 saturated heterocycles. The molecule has 0 amide bonds. The Morgan fingerprint density at radius 3 is 2.08 bits per heavy atom. The number of aryl methyl sites for hydroxylation is 3. The van der Waals surface area contributed by atoms with Crippen molar-refractivity contribution in [3.05, 3.63) is 112 Å². The van der Waals surface area contributed by atoms with Gasteiger partial charge in [-0.2, -0.15) is 5.26 Å². The third kappa shape index (κ3) is 6.98. The van der Waals surface area contributed by atoms with Crippen molar-refractivity contribution in [3.8, 4) is 11.8 Å². The molecule has 0 aliphatic carbocycles. The lowest BCUT2D eigenvalue weighted by Crippen LogP contribution is -2.03. The van der Waals surface area contributed by atoms with E-state index in [9.17, 15) is 17.6 Å². The summed E-state index contributed by atoms with van der Waals surface area (Å²) in [5, 5.41) is 9.84. The van der Waals surface area contributed by atoms with E-state index in [2.05, 4.69) is 6.92 Å². The third-order valence-corrected chi connectivity index (χ3v) is 7.04. The first-order valence-electron chi connectivity index (χ1n) is 13.5. The van der Waals surface area contributed by atoms with Crippen LogP contribution in [0.5, 0.6) is 5.75 Å². The zero-order valence-electron chi connectivity index (χ0n) is 22.3. The van der Waals surface area contributed by atoms with Crippen LogP contribution in [-0.4, -0.2) is 6.61 Å². The Balaban J connectivity index is 1.40. The van der Waals surface area contributed by atoms with E-state index in [1.54, 1.807) is 30.3 Å². The largest absolute Gasteiger partial charge is 0.493 e. The Hall–Kier alpha value is -3.92. The van der Waals surface area contributed by atoms with Gasteiger partial charge in [-0.25, -0.2) is 22.0 Å². The predicted molar refractivity (Wildman–Crippen MR) is 146 cm³/mol. The maximum atomic E-state index is 15.2. The summed E-state index contributed by atoms with van der Waals surface area (Å²) < 4.78 is 77.8. The fourth-order valence-electron chi connectivity index (χ4n) is 4.78. The molecule has 4 rings (SSSR count). The second-order valence-corrected chi connectivity index (χ2v) is 9.92. The average molecular weight is 552 g/mol. The molecule has 0 aliphatic heterocycles. The van der Waals surface area contributed by atoms with Gasteiger partial charge in [0.1, 0.15) is 46.5 Å². The minimum Gasteiger partial charge on any atom is -0.493 e. The average Bonchev–Trinajstić information content (AvgIpc) is 2.92. The van der Waals surface area contributed by atoms with Gasteiger partial charge in [-0.05, 0) is 66.3 Å². The number of unbranched alkanes of at least 4 members (excludes halogenated alkanes) is 3. The molecule has 0 saturated carbocycles. The van der Waals surface area contributed by atoms with E-state index in [1.807, 2.05) is 0 Å². The summed E-state index contributed by atoms with van der Waals surface area (Å²) in [6.45, 7) is 2.52. The van der Waals surface area contributed by atoms with Crippen LogP contribution < -0.4 is 4.74 Å². The Kier molecular flexibility index (Phi) is 9.76. The summed E-state index contributed by atoms with van der Waals surface area (Å²) in [4.78, 5) is 0. The smallest absolute Gasteiger partial charge is 0.144 e. The van der Waals surface area contributed by atoms with Gasteiger partial charge in [0.25, 0.3) is 0 Å². The number of rotatable bonds is 12. The van der Waals surface area contributed by atoms with Crippen LogP contribution >= 0.6 is 0 Å². The number of halogens is 5. The van der Waals surface area contributed by atoms with Crippen molar-refractivity contribution in [3.63, 3.8) is 0 Å². The quantitative estimate of drug-likeness (QED) is 0.130. The highest BCUT2D eigenvalue weighted by atomic mass is 19.1. The van der Waals surface area contributed by atoms with Crippen molar-refractivity contribution in [1.29, 1.82) is 5.26 Å². The first-order chi connectivity index (χ1) is 19.3. The highest BCUT2D eigenvalue weighted by Gasteiger charge is 2.15. The maximum Gasteiger partial charge on any atom is 0.144 e. The summed E-state index contributed by atoms with van der Waals surface area (Å²) in [6, 6.07) is 14.6. The minimum atomic E-state index is -0.939. The van der Waals surface area contributed by atoms with Gasteiger partial charge in [-0.3, -0.25) is 0 Å². The first kappa shape index (κ1) is 29.1. The number of nitrogens with zero attached hydrogens (tertiary/aromatic N) is 1. The van der Waals surface area contributed by atoms with Crippen molar-refractivity contribution >= 4 is 10.8 Å². The minimum absolute atomic E-state index is 0.0179. The maximum absolute atomic E-state index is 15.2. The molecule has 0 fully saturated rings. The molecule has 2 nitrogen and oxygen atoms in total. The summed E-state index contributed by atoms with van der Waals surface area (Å²) in [5.41, 5.74) is 0.868. The number of hydrogen-bond donors (Lipinski definition) is 0. The van der Waals surface area contributed by atoms with Crippen molar-refractivity contribution in [1.82, 2.24) is 0 Å². The Bertz CT molecular complexity index is 1500. The lowest BCUT2D eigenvalue weighted by Gasteiger charge is -2.11. The normalized spacial score (nSPS) is 11.1. The molecule has 0 spiro atoms. The van der Waals surface area contributed by atoms with Crippen LogP contribution in [0.15, 0.2) is 54.6 Å². The summed E-state index contributed by atoms with van der Waals surface area (Å²) in [7, 11) is 0. The van der Waals surface area contributed by atoms with Gasteiger partial charge in [0.2, 0.25) is 0 Å². The lowest BCUT2D eigenvalue weighted by atomic mass is 9.97. The second kappa shape index (κ2) is 13.4. The Morgan fingerprint density at radius 1 is 0.700 bits per heavy atom. The number of ether oxygens (including phenoxy) is 1. The summed E-state index contributed by atoms with van der Waals surface area (Å²) in [5.74, 6) is -3.43. The molecule has 4 aromatic rings. The van der Waals surface area contributed by atoms with Gasteiger partial charge >= 0.3 is 0 Å². The highest BCUT2D eigenvalue weighted by molar-refractivity contribution is 5.84. The fourth-order valence-corrected chi connectivity index (χ4v) is 4.78. The van der Waals surface area contributed by atoms with E-state index in [-0.39, 0.29) is 30.6 Å². The molecule has 0 N–H and O–H groups in total. The van der Waals surface area contributed by atoms with Gasteiger partial charge in [0.15, 0.2) is 0 Å². The van der Waals surface area contributed by atoms with Gasteiger partial charge in [-0.15, -0.1) is 0 Å². The van der Waals surface area contributed by atoms with Crippen LogP contribution in [0.2, 0.25) is 0 Å². The van der Waals surface area contributed by atoms with E-state index in [4.69, 9.17) is 10.00 Å². The van der Waals surface area contributed by atoms with E-state index in [0.717, 1.165) is 43.4 Å². The number of fused-ring (bicyclic) bond motifs is 1. The van der Waals surface area contributed by atoms with Crippen molar-refractivity contribution in [2.24, 2.45) is 0 Å². The van der Waals surface area contributed by atoms with Crippen molar-refractivity contribution < 1.29 is 26.7 Å². The van der Waals surface area contributed by atoms with E-state index < -0.39 is 34.6 Å². The van der Waals surface area contributed by atoms with Crippen LogP contribution in [0.1, 0.15) is 60.4 Å². The molecule has 4 aromatic carbocycles. The van der Waals surface area contributed by atoms with E-state index in [0.29, 0.717) is 34.9 Å². The van der Waals surface area contributed by atoms with Gasteiger partial charge in [-0.1, -0.05) is 56.5 Å². The van der Waals surface area contributed by atoms with Crippen molar-refractivity contribution in [2.75, 3.05) is 6.61 Å². The predicted octanol–water partition coefficient (Wildman–Crippen LogP) is 8.94. The van der Waals surface area contributed by atoms with Crippen LogP contribution in [-0.2, 0) is 25.7 Å². The zero-order valence-corrected chi connectivity index (χ0v) is 22.3. The van der Waals surface area contributed by atoms with Crippen molar-refractivity contribution in [2.45, 2.75) is 58.3 Å². The highest BCUT2D eigenvalue weighted by Crippen LogP contribution is 2.26. The Morgan fingerprint density at radius 2 is 1.40 bits per heavy atom. The van der Waals surface area contributed by atoms with Crippen LogP contribution in [0.4, 0.5) is 22.0 Å². The fraction of sp³-hybridized carbons (Fsp3) is 0.303. The molecule has 0 heterocycles. The molecule has 0 aliphatic rings. The molecule has 0 bridgehead atoms. The third-order valence-electron chi connectivity index (χ3n) is 7.04. The van der Waals surface area contributed by atoms with Crippen LogP contribution in [0.3, 0.4) is 0 Å². The molecule has 7 heteroatoms. The van der Waals surface area contributed by atoms with Gasteiger partial charge in [0, 0.05) is 23.1 Å². The van der Waals surface area contributed by atoms with E-state index in [1.165, 1.54) is 18.2 Å². The Labute approximate surface area is 231 Å². The summed E-state index contributed by atoms with van der Waals surface area (Å²) >= 11 is 0. The molecule has 0 aromatic heterocycles. The molecule has 208 valence electrons. The first-order valence-corrected chi connectivity index (χ1v) is 13.5. The molecular formula is C33H30F5NO. The monoisotopic (exact) mass is 551 g/mol. The SMILES string of the molecule is CCCCCCOc1cc(F)c(CCc2ccc3c(F)c(CCc4cc(F)c(C#N)c(F)c4)ccc3c2)c(F)c1. The van der Waals surface area contributed by atoms with E-state index >= 15 is 4.39 Å². The second-order valence-electron chi connectivity index (χ2n) is 9.92. The number of nitriles is 1. The number of hydrogen-bond acceptors (Lipinski definition) is 2. The van der Waals surface area contributed by atoms with Gasteiger partial charge < -0.3 is 4.74 Å². The summed E-state index contributed by atoms with van der Waals surface area (Å²) in [6.07, 6.45) is 4.94. The zero-order chi connectivity index (χ0) is 28.6. The number of benzene rings is 4. The molecule has 0 radical (unpaired) electrons. The van der Waals surface area contributed by atoms with Crippen LogP contribution in [0.25, 0.3) is 10.8 Å². The molecule has 40 heavy (non-hydrogen) atoms. The van der Waals surface area contributed by atoms with Crippen LogP contribution in [0, 0.1) is 40.4 Å². The molecular weight excluding hydrogens is 521 g/mol.